The van der Waals surface area contributed by atoms with Gasteiger partial charge >= 0.3 is 6.18 Å². The van der Waals surface area contributed by atoms with Crippen molar-refractivity contribution in [2.24, 2.45) is 0 Å². The van der Waals surface area contributed by atoms with Crippen LogP contribution in [0.15, 0.2) is 59.6 Å². The average Bonchev–Trinajstić information content (AvgIpc) is 3.25. The lowest BCUT2D eigenvalue weighted by molar-refractivity contribution is -0.141. The number of anilines is 2. The number of nitrogens with zero attached hydrogens (tertiary/aromatic N) is 4. The molecule has 11 heteroatoms. The van der Waals surface area contributed by atoms with Crippen LogP contribution in [0.1, 0.15) is 28.8 Å². The third-order valence-corrected chi connectivity index (χ3v) is 6.50. The van der Waals surface area contributed by atoms with E-state index in [-0.39, 0.29) is 5.95 Å². The molecule has 2 N–H and O–H groups in total. The summed E-state index contributed by atoms with van der Waals surface area (Å²) in [4.78, 5) is 16.8. The van der Waals surface area contributed by atoms with Crippen molar-refractivity contribution in [3.05, 3.63) is 81.4 Å². The maximum Gasteiger partial charge on any atom is 0.433 e. The maximum absolute atomic E-state index is 12.9. The van der Waals surface area contributed by atoms with E-state index in [1.54, 1.807) is 43.6 Å². The Kier molecular flexibility index (Phi) is 6.21. The minimum atomic E-state index is -4.56. The lowest BCUT2D eigenvalue weighted by Gasteiger charge is -2.20. The van der Waals surface area contributed by atoms with Crippen molar-refractivity contribution in [3.8, 4) is 10.4 Å². The molecule has 0 aliphatic heterocycles. The molecular weight excluding hydrogens is 519 g/mol. The van der Waals surface area contributed by atoms with Crippen molar-refractivity contribution < 1.29 is 18.3 Å². The molecule has 4 rings (SSSR count). The topological polar surface area (TPSA) is 83.8 Å². The molecule has 1 unspecified atom stereocenters. The molecule has 3 aromatic heterocycles. The molecule has 0 saturated carbocycles. The molecule has 0 spiro atoms. The van der Waals surface area contributed by atoms with Gasteiger partial charge in [-0.05, 0) is 65.2 Å². The quantitative estimate of drug-likeness (QED) is 0.301. The van der Waals surface area contributed by atoms with Gasteiger partial charge in [-0.1, -0.05) is 12.1 Å². The highest BCUT2D eigenvalue weighted by atomic mass is 79.9. The number of benzene rings is 1. The van der Waals surface area contributed by atoms with Crippen molar-refractivity contribution in [1.29, 1.82) is 0 Å². The summed E-state index contributed by atoms with van der Waals surface area (Å²) in [6, 6.07) is 9.79. The molecule has 6 nitrogen and oxygen atoms in total. The summed E-state index contributed by atoms with van der Waals surface area (Å²) in [6.45, 7) is 3.52. The third-order valence-electron chi connectivity index (χ3n) is 4.78. The second kappa shape index (κ2) is 8.81. The molecular formula is C22H17BrF3N5OS. The minimum Gasteiger partial charge on any atom is -0.378 e. The van der Waals surface area contributed by atoms with E-state index in [0.29, 0.717) is 20.9 Å². The minimum absolute atomic E-state index is 0.156. The van der Waals surface area contributed by atoms with Gasteiger partial charge in [-0.15, -0.1) is 11.3 Å². The predicted octanol–water partition coefficient (Wildman–Crippen LogP) is 6.08. The van der Waals surface area contributed by atoms with Crippen LogP contribution in [-0.2, 0) is 11.8 Å². The van der Waals surface area contributed by atoms with Crippen LogP contribution in [0.4, 0.5) is 24.8 Å². The molecule has 170 valence electrons. The smallest absolute Gasteiger partial charge is 0.378 e. The number of hydrogen-bond acceptors (Lipinski definition) is 7. The molecule has 0 bridgehead atoms. The van der Waals surface area contributed by atoms with Gasteiger partial charge in [0.05, 0.1) is 4.88 Å². The molecule has 0 aliphatic rings. The second-order valence-corrected chi connectivity index (χ2v) is 9.29. The molecule has 0 aliphatic carbocycles. The Labute approximate surface area is 199 Å². The summed E-state index contributed by atoms with van der Waals surface area (Å²) in [7, 11) is 0. The molecule has 33 heavy (non-hydrogen) atoms. The third kappa shape index (κ3) is 5.21. The zero-order chi connectivity index (χ0) is 23.8. The first-order valence-corrected chi connectivity index (χ1v) is 11.2. The van der Waals surface area contributed by atoms with Gasteiger partial charge in [-0.25, -0.2) is 19.9 Å². The number of halogens is 4. The van der Waals surface area contributed by atoms with E-state index in [1.807, 2.05) is 13.0 Å². The molecule has 0 fully saturated rings. The van der Waals surface area contributed by atoms with Gasteiger partial charge in [-0.3, -0.25) is 0 Å². The lowest BCUT2D eigenvalue weighted by Crippen LogP contribution is -2.22. The highest BCUT2D eigenvalue weighted by Crippen LogP contribution is 2.37. The van der Waals surface area contributed by atoms with E-state index in [2.05, 4.69) is 41.2 Å². The molecule has 1 aromatic carbocycles. The van der Waals surface area contributed by atoms with Gasteiger partial charge in [0.25, 0.3) is 0 Å². The van der Waals surface area contributed by atoms with Crippen molar-refractivity contribution >= 4 is 38.9 Å². The first-order valence-electron chi connectivity index (χ1n) is 9.62. The summed E-state index contributed by atoms with van der Waals surface area (Å²) in [6.07, 6.45) is -0.268. The summed E-state index contributed by atoms with van der Waals surface area (Å²) in [5.74, 6) is -0.156. The Balaban J connectivity index is 1.63. The highest BCUT2D eigenvalue weighted by Gasteiger charge is 2.33. The largest absolute Gasteiger partial charge is 0.433 e. The number of thiazole rings is 1. The number of aliphatic hydroxyl groups is 1. The van der Waals surface area contributed by atoms with Crippen LogP contribution in [-0.4, -0.2) is 25.0 Å². The molecule has 4 aromatic rings. The summed E-state index contributed by atoms with van der Waals surface area (Å²) in [5, 5.41) is 14.4. The van der Waals surface area contributed by atoms with E-state index in [0.717, 1.165) is 28.3 Å². The zero-order valence-corrected chi connectivity index (χ0v) is 19.8. The lowest BCUT2D eigenvalue weighted by atomic mass is 9.99. The first-order chi connectivity index (χ1) is 15.5. The maximum atomic E-state index is 12.9. The van der Waals surface area contributed by atoms with E-state index >= 15 is 0 Å². The van der Waals surface area contributed by atoms with Crippen molar-refractivity contribution in [2.75, 3.05) is 5.32 Å². The van der Waals surface area contributed by atoms with E-state index in [4.69, 9.17) is 0 Å². The fourth-order valence-electron chi connectivity index (χ4n) is 3.12. The van der Waals surface area contributed by atoms with Gasteiger partial charge in [0.2, 0.25) is 5.95 Å². The van der Waals surface area contributed by atoms with E-state index in [9.17, 15) is 18.3 Å². The molecule has 0 amide bonds. The van der Waals surface area contributed by atoms with Crippen LogP contribution in [0, 0.1) is 6.92 Å². The van der Waals surface area contributed by atoms with Gasteiger partial charge in [0.1, 0.15) is 20.9 Å². The fourth-order valence-corrected chi connectivity index (χ4v) is 4.33. The van der Waals surface area contributed by atoms with Crippen molar-refractivity contribution in [1.82, 2.24) is 19.9 Å². The molecule has 0 radical (unpaired) electrons. The number of nitrogens with one attached hydrogen (secondary N) is 1. The SMILES string of the molecule is Cc1cc(Nc2nccc(C(F)(F)F)n2)cc(-c2cnc(C(C)(O)c3ccc(Br)nc3)s2)c1. The number of rotatable bonds is 5. The Morgan fingerprint density at radius 3 is 2.52 bits per heavy atom. The highest BCUT2D eigenvalue weighted by molar-refractivity contribution is 9.10. The number of aromatic nitrogens is 4. The average molecular weight is 536 g/mol. The summed E-state index contributed by atoms with van der Waals surface area (Å²) >= 11 is 4.59. The van der Waals surface area contributed by atoms with Gasteiger partial charge in [0.15, 0.2) is 0 Å². The zero-order valence-electron chi connectivity index (χ0n) is 17.4. The summed E-state index contributed by atoms with van der Waals surface area (Å²) in [5.41, 5.74) is 0.430. The predicted molar refractivity (Wildman–Crippen MR) is 123 cm³/mol. The Morgan fingerprint density at radius 2 is 1.82 bits per heavy atom. The monoisotopic (exact) mass is 535 g/mol. The normalized spacial score (nSPS) is 13.5. The fraction of sp³-hybridized carbons (Fsp3) is 0.182. The van der Waals surface area contributed by atoms with Crippen LogP contribution in [0.5, 0.6) is 0 Å². The number of pyridine rings is 1. The van der Waals surface area contributed by atoms with Crippen LogP contribution >= 0.6 is 27.3 Å². The summed E-state index contributed by atoms with van der Waals surface area (Å²) < 4.78 is 39.5. The van der Waals surface area contributed by atoms with Crippen molar-refractivity contribution in [2.45, 2.75) is 25.6 Å². The van der Waals surface area contributed by atoms with Gasteiger partial charge < -0.3 is 10.4 Å². The van der Waals surface area contributed by atoms with Crippen LogP contribution in [0.3, 0.4) is 0 Å². The number of alkyl halides is 3. The van der Waals surface area contributed by atoms with Gasteiger partial charge in [0, 0.05) is 29.8 Å². The van der Waals surface area contributed by atoms with E-state index in [1.165, 1.54) is 11.3 Å². The molecule has 1 atom stereocenters. The van der Waals surface area contributed by atoms with E-state index < -0.39 is 17.5 Å². The molecule has 3 heterocycles. The Bertz CT molecular complexity index is 1290. The van der Waals surface area contributed by atoms with Crippen LogP contribution < -0.4 is 5.32 Å². The molecule has 0 saturated heterocycles. The Morgan fingerprint density at radius 1 is 1.03 bits per heavy atom. The standard InChI is InChI=1S/C22H17BrF3N5OS/c1-12-7-13(9-15(8-12)30-20-27-6-5-17(31-20)22(24,25)26)16-11-29-19(33-16)21(2,32)14-3-4-18(23)28-10-14/h3-11,32H,1-2H3,(H,27,30,31). The van der Waals surface area contributed by atoms with Crippen molar-refractivity contribution in [3.63, 3.8) is 0 Å². The second-order valence-electron chi connectivity index (χ2n) is 7.45. The Hall–Kier alpha value is -2.89. The number of hydrogen-bond donors (Lipinski definition) is 2. The number of aryl methyl sites for hydroxylation is 1. The van der Waals surface area contributed by atoms with Gasteiger partial charge in [-0.2, -0.15) is 13.2 Å². The van der Waals surface area contributed by atoms with Crippen LogP contribution in [0.2, 0.25) is 0 Å². The van der Waals surface area contributed by atoms with Crippen LogP contribution in [0.25, 0.3) is 10.4 Å². The first kappa shape index (κ1) is 23.3.